The van der Waals surface area contributed by atoms with E-state index in [4.69, 9.17) is 0 Å². The van der Waals surface area contributed by atoms with Crippen LogP contribution in [0.1, 0.15) is 23.4 Å². The van der Waals surface area contributed by atoms with Crippen LogP contribution in [0.5, 0.6) is 5.75 Å². The summed E-state index contributed by atoms with van der Waals surface area (Å²) in [4.78, 5) is 1.34. The second-order valence-corrected chi connectivity index (χ2v) is 5.74. The van der Waals surface area contributed by atoms with Gasteiger partial charge in [-0.25, -0.2) is 0 Å². The molecule has 2 aromatic rings. The fourth-order valence-corrected chi connectivity index (χ4v) is 2.75. The zero-order valence-electron chi connectivity index (χ0n) is 9.48. The summed E-state index contributed by atoms with van der Waals surface area (Å²) in [6.45, 7) is 2.94. The molecule has 90 valence electrons. The third-order valence-corrected chi connectivity index (χ3v) is 4.28. The normalized spacial score (nSPS) is 12.6. The molecule has 1 aromatic carbocycles. The van der Waals surface area contributed by atoms with Crippen molar-refractivity contribution in [3.05, 3.63) is 50.6 Å². The maximum Gasteiger partial charge on any atom is 0.129 e. The number of rotatable bonds is 4. The highest BCUT2D eigenvalue weighted by Gasteiger charge is 2.06. The lowest BCUT2D eigenvalue weighted by Crippen LogP contribution is -2.17. The Morgan fingerprint density at radius 1 is 1.41 bits per heavy atom. The number of benzene rings is 1. The Morgan fingerprint density at radius 3 is 2.88 bits per heavy atom. The van der Waals surface area contributed by atoms with Crippen molar-refractivity contribution in [3.63, 3.8) is 0 Å². The molecule has 0 radical (unpaired) electrons. The predicted molar refractivity (Wildman–Crippen MR) is 75.4 cm³/mol. The Bertz CT molecular complexity index is 484. The maximum absolute atomic E-state index is 9.41. The fourth-order valence-electron chi connectivity index (χ4n) is 1.57. The quantitative estimate of drug-likeness (QED) is 0.892. The lowest BCUT2D eigenvalue weighted by Gasteiger charge is -2.12. The Hall–Kier alpha value is -0.840. The molecule has 0 aliphatic carbocycles. The number of phenols is 1. The molecular formula is C13H14BrNOS. The average molecular weight is 312 g/mol. The van der Waals surface area contributed by atoms with Gasteiger partial charge in [0.2, 0.25) is 0 Å². The first kappa shape index (κ1) is 12.6. The van der Waals surface area contributed by atoms with Gasteiger partial charge in [0.05, 0.1) is 4.47 Å². The van der Waals surface area contributed by atoms with Crippen LogP contribution >= 0.6 is 27.3 Å². The molecule has 0 amide bonds. The minimum atomic E-state index is 0.278. The monoisotopic (exact) mass is 311 g/mol. The summed E-state index contributed by atoms with van der Waals surface area (Å²) in [5.74, 6) is 0.278. The third kappa shape index (κ3) is 3.31. The van der Waals surface area contributed by atoms with E-state index in [1.807, 2.05) is 12.1 Å². The van der Waals surface area contributed by atoms with Crippen LogP contribution in [0.25, 0.3) is 0 Å². The van der Waals surface area contributed by atoms with Crippen LogP contribution < -0.4 is 5.32 Å². The first-order valence-corrected chi connectivity index (χ1v) is 7.08. The summed E-state index contributed by atoms with van der Waals surface area (Å²) in [7, 11) is 0. The number of nitrogens with one attached hydrogen (secondary N) is 1. The van der Waals surface area contributed by atoms with Crippen LogP contribution in [0.3, 0.4) is 0 Å². The molecule has 1 heterocycles. The molecule has 0 aliphatic heterocycles. The van der Waals surface area contributed by atoms with Crippen LogP contribution in [0.2, 0.25) is 0 Å². The van der Waals surface area contributed by atoms with Crippen molar-refractivity contribution >= 4 is 27.3 Å². The summed E-state index contributed by atoms with van der Waals surface area (Å²) >= 11 is 5.08. The molecule has 2 N–H and O–H groups in total. The zero-order valence-corrected chi connectivity index (χ0v) is 11.9. The molecule has 0 spiro atoms. The SMILES string of the molecule is C[C@H](NCc1ccc(O)c(Br)c1)c1cccs1. The maximum atomic E-state index is 9.41. The van der Waals surface area contributed by atoms with Gasteiger partial charge in [-0.05, 0) is 52.0 Å². The topological polar surface area (TPSA) is 32.3 Å². The summed E-state index contributed by atoms with van der Waals surface area (Å²) < 4.78 is 0.737. The van der Waals surface area contributed by atoms with Gasteiger partial charge in [0.25, 0.3) is 0 Å². The summed E-state index contributed by atoms with van der Waals surface area (Å²) in [5, 5.41) is 14.9. The molecule has 0 saturated carbocycles. The van der Waals surface area contributed by atoms with E-state index < -0.39 is 0 Å². The Balaban J connectivity index is 1.96. The number of aromatic hydroxyl groups is 1. The average Bonchev–Trinajstić information content (AvgIpc) is 2.84. The van der Waals surface area contributed by atoms with E-state index in [1.165, 1.54) is 4.88 Å². The van der Waals surface area contributed by atoms with Crippen molar-refractivity contribution in [2.45, 2.75) is 19.5 Å². The van der Waals surface area contributed by atoms with Crippen LogP contribution in [0.4, 0.5) is 0 Å². The van der Waals surface area contributed by atoms with Gasteiger partial charge in [0, 0.05) is 17.5 Å². The summed E-state index contributed by atoms with van der Waals surface area (Å²) in [6, 6.07) is 10.1. The summed E-state index contributed by atoms with van der Waals surface area (Å²) in [5.41, 5.74) is 1.15. The van der Waals surface area contributed by atoms with E-state index in [2.05, 4.69) is 45.7 Å². The molecular weight excluding hydrogens is 298 g/mol. The van der Waals surface area contributed by atoms with Crippen molar-refractivity contribution in [1.82, 2.24) is 5.32 Å². The van der Waals surface area contributed by atoms with E-state index in [9.17, 15) is 5.11 Å². The van der Waals surface area contributed by atoms with Gasteiger partial charge in [-0.3, -0.25) is 0 Å². The Kier molecular flexibility index (Phi) is 4.20. The van der Waals surface area contributed by atoms with Crippen LogP contribution in [-0.4, -0.2) is 5.11 Å². The zero-order chi connectivity index (χ0) is 12.3. The van der Waals surface area contributed by atoms with Crippen molar-refractivity contribution in [1.29, 1.82) is 0 Å². The van der Waals surface area contributed by atoms with E-state index in [0.29, 0.717) is 6.04 Å². The molecule has 4 heteroatoms. The smallest absolute Gasteiger partial charge is 0.129 e. The van der Waals surface area contributed by atoms with Gasteiger partial charge in [0.1, 0.15) is 5.75 Å². The van der Waals surface area contributed by atoms with Gasteiger partial charge in [0.15, 0.2) is 0 Å². The predicted octanol–water partition coefficient (Wildman–Crippen LogP) is 4.07. The molecule has 0 bridgehead atoms. The van der Waals surface area contributed by atoms with Crippen molar-refractivity contribution < 1.29 is 5.11 Å². The first-order valence-electron chi connectivity index (χ1n) is 5.41. The standard InChI is InChI=1S/C13H14BrNOS/c1-9(13-3-2-6-17-13)15-8-10-4-5-12(16)11(14)7-10/h2-7,9,15-16H,8H2,1H3/t9-/m0/s1. The molecule has 2 rings (SSSR count). The summed E-state index contributed by atoms with van der Waals surface area (Å²) in [6.07, 6.45) is 0. The highest BCUT2D eigenvalue weighted by Crippen LogP contribution is 2.25. The molecule has 1 atom stereocenters. The van der Waals surface area contributed by atoms with Crippen molar-refractivity contribution in [2.75, 3.05) is 0 Å². The Labute approximate surface area is 113 Å². The molecule has 0 saturated heterocycles. The van der Waals surface area contributed by atoms with Crippen LogP contribution in [0, 0.1) is 0 Å². The minimum Gasteiger partial charge on any atom is -0.507 e. The molecule has 0 unspecified atom stereocenters. The number of hydrogen-bond donors (Lipinski definition) is 2. The highest BCUT2D eigenvalue weighted by molar-refractivity contribution is 9.10. The van der Waals surface area contributed by atoms with E-state index in [0.717, 1.165) is 16.6 Å². The molecule has 1 aromatic heterocycles. The first-order chi connectivity index (χ1) is 8.16. The minimum absolute atomic E-state index is 0.278. The molecule has 0 aliphatic rings. The van der Waals surface area contributed by atoms with E-state index in [-0.39, 0.29) is 5.75 Å². The third-order valence-electron chi connectivity index (χ3n) is 2.59. The van der Waals surface area contributed by atoms with Gasteiger partial charge < -0.3 is 10.4 Å². The van der Waals surface area contributed by atoms with Crippen LogP contribution in [0.15, 0.2) is 40.2 Å². The Morgan fingerprint density at radius 2 is 2.24 bits per heavy atom. The van der Waals surface area contributed by atoms with Gasteiger partial charge in [-0.1, -0.05) is 12.1 Å². The number of hydrogen-bond acceptors (Lipinski definition) is 3. The highest BCUT2D eigenvalue weighted by atomic mass is 79.9. The number of halogens is 1. The lowest BCUT2D eigenvalue weighted by atomic mass is 10.2. The van der Waals surface area contributed by atoms with Gasteiger partial charge >= 0.3 is 0 Å². The second-order valence-electron chi connectivity index (χ2n) is 3.90. The lowest BCUT2D eigenvalue weighted by molar-refractivity contribution is 0.471. The fraction of sp³-hybridized carbons (Fsp3) is 0.231. The van der Waals surface area contributed by atoms with Gasteiger partial charge in [-0.15, -0.1) is 11.3 Å². The molecule has 2 nitrogen and oxygen atoms in total. The van der Waals surface area contributed by atoms with Crippen molar-refractivity contribution in [3.8, 4) is 5.75 Å². The van der Waals surface area contributed by atoms with E-state index in [1.54, 1.807) is 17.4 Å². The molecule has 0 fully saturated rings. The number of thiophene rings is 1. The van der Waals surface area contributed by atoms with Crippen molar-refractivity contribution in [2.24, 2.45) is 0 Å². The van der Waals surface area contributed by atoms with Crippen LogP contribution in [-0.2, 0) is 6.54 Å². The van der Waals surface area contributed by atoms with E-state index >= 15 is 0 Å². The largest absolute Gasteiger partial charge is 0.507 e. The van der Waals surface area contributed by atoms with Gasteiger partial charge in [-0.2, -0.15) is 0 Å². The second kappa shape index (κ2) is 5.67. The number of phenolic OH excluding ortho intramolecular Hbond substituents is 1. The molecule has 17 heavy (non-hydrogen) atoms.